The molecular formula is C24H19N3O7. The van der Waals surface area contributed by atoms with Crippen molar-refractivity contribution in [2.75, 3.05) is 7.11 Å². The summed E-state index contributed by atoms with van der Waals surface area (Å²) in [4.78, 5) is 35.2. The number of hydrogen-bond acceptors (Lipinski definition) is 8. The Morgan fingerprint density at radius 2 is 1.79 bits per heavy atom. The summed E-state index contributed by atoms with van der Waals surface area (Å²) >= 11 is 0. The van der Waals surface area contributed by atoms with Crippen LogP contribution < -0.4 is 14.9 Å². The third-order valence-electron chi connectivity index (χ3n) is 4.47. The average Bonchev–Trinajstić information content (AvgIpc) is 2.84. The maximum atomic E-state index is 12.3. The van der Waals surface area contributed by atoms with Crippen LogP contribution in [-0.2, 0) is 4.79 Å². The van der Waals surface area contributed by atoms with E-state index < -0.39 is 22.5 Å². The number of nitrogens with one attached hydrogen (secondary N) is 1. The molecule has 10 nitrogen and oxygen atoms in total. The highest BCUT2D eigenvalue weighted by atomic mass is 16.6. The largest absolute Gasteiger partial charge is 0.507 e. The van der Waals surface area contributed by atoms with Crippen LogP contribution in [0.25, 0.3) is 6.08 Å². The number of methoxy groups -OCH3 is 1. The smallest absolute Gasteiger partial charge is 0.336 e. The van der Waals surface area contributed by atoms with Crippen molar-refractivity contribution in [3.63, 3.8) is 0 Å². The molecule has 0 saturated heterocycles. The number of aromatic hydroxyl groups is 1. The molecule has 0 aromatic heterocycles. The number of phenols is 1. The first-order valence-electron chi connectivity index (χ1n) is 9.82. The second-order valence-electron chi connectivity index (χ2n) is 6.70. The van der Waals surface area contributed by atoms with Gasteiger partial charge in [0.2, 0.25) is 5.75 Å². The predicted molar refractivity (Wildman–Crippen MR) is 124 cm³/mol. The number of ether oxygens (including phenoxy) is 2. The summed E-state index contributed by atoms with van der Waals surface area (Å²) in [6.07, 6.45) is 3.71. The normalized spacial score (nSPS) is 10.9. The summed E-state index contributed by atoms with van der Waals surface area (Å²) in [7, 11) is 1.53. The predicted octanol–water partition coefficient (Wildman–Crippen LogP) is 3.69. The van der Waals surface area contributed by atoms with Crippen molar-refractivity contribution in [2.45, 2.75) is 0 Å². The number of benzene rings is 3. The Hall–Kier alpha value is -4.99. The lowest BCUT2D eigenvalue weighted by molar-refractivity contribution is -0.385. The van der Waals surface area contributed by atoms with Gasteiger partial charge in [-0.2, -0.15) is 5.10 Å². The number of hydrogen-bond donors (Lipinski definition) is 2. The zero-order valence-corrected chi connectivity index (χ0v) is 17.9. The summed E-state index contributed by atoms with van der Waals surface area (Å²) in [6, 6.07) is 16.7. The van der Waals surface area contributed by atoms with Gasteiger partial charge in [-0.1, -0.05) is 30.3 Å². The lowest BCUT2D eigenvalue weighted by atomic mass is 10.2. The molecule has 172 valence electrons. The fraction of sp³-hybridized carbons (Fsp3) is 0.0417. The summed E-state index contributed by atoms with van der Waals surface area (Å²) in [5.41, 5.74) is 2.52. The number of phenolic OH excluding ortho intramolecular Hbond substituents is 1. The van der Waals surface area contributed by atoms with Crippen LogP contribution in [0.2, 0.25) is 0 Å². The lowest BCUT2D eigenvalue weighted by Gasteiger charge is -2.07. The van der Waals surface area contributed by atoms with Crippen molar-refractivity contribution < 1.29 is 29.1 Å². The van der Waals surface area contributed by atoms with Crippen molar-refractivity contribution in [3.8, 4) is 17.2 Å². The van der Waals surface area contributed by atoms with Gasteiger partial charge in [-0.3, -0.25) is 14.9 Å². The maximum absolute atomic E-state index is 12.3. The lowest BCUT2D eigenvalue weighted by Crippen LogP contribution is -2.17. The highest BCUT2D eigenvalue weighted by Crippen LogP contribution is 2.30. The molecule has 3 rings (SSSR count). The molecule has 0 aliphatic heterocycles. The van der Waals surface area contributed by atoms with Crippen LogP contribution in [0.3, 0.4) is 0 Å². The van der Waals surface area contributed by atoms with Crippen LogP contribution >= 0.6 is 0 Å². The summed E-state index contributed by atoms with van der Waals surface area (Å²) in [5, 5.41) is 24.9. The van der Waals surface area contributed by atoms with E-state index in [0.717, 1.165) is 12.3 Å². The number of carbonyl (C=O) groups excluding carboxylic acids is 2. The first-order chi connectivity index (χ1) is 16.4. The molecule has 0 unspecified atom stereocenters. The maximum Gasteiger partial charge on any atom is 0.336 e. The minimum absolute atomic E-state index is 0.00554. The van der Waals surface area contributed by atoms with E-state index in [1.807, 2.05) is 0 Å². The highest BCUT2D eigenvalue weighted by molar-refractivity contribution is 5.98. The van der Waals surface area contributed by atoms with Crippen LogP contribution in [0.4, 0.5) is 5.69 Å². The van der Waals surface area contributed by atoms with Gasteiger partial charge in [-0.15, -0.1) is 0 Å². The van der Waals surface area contributed by atoms with Gasteiger partial charge in [0.25, 0.3) is 5.91 Å². The molecule has 0 heterocycles. The van der Waals surface area contributed by atoms with Crippen LogP contribution in [0, 0.1) is 10.1 Å². The molecule has 10 heteroatoms. The van der Waals surface area contributed by atoms with E-state index in [1.165, 1.54) is 43.5 Å². The third kappa shape index (κ3) is 6.04. The Balaban J connectivity index is 1.78. The van der Waals surface area contributed by atoms with E-state index in [4.69, 9.17) is 9.47 Å². The molecule has 34 heavy (non-hydrogen) atoms. The molecule has 0 aliphatic carbocycles. The van der Waals surface area contributed by atoms with Gasteiger partial charge >= 0.3 is 11.7 Å². The Morgan fingerprint density at radius 1 is 1.06 bits per heavy atom. The molecule has 3 aromatic carbocycles. The van der Waals surface area contributed by atoms with E-state index in [9.17, 15) is 24.8 Å². The number of rotatable bonds is 8. The number of carbonyl (C=O) groups is 2. The van der Waals surface area contributed by atoms with Gasteiger partial charge in [-0.25, -0.2) is 10.2 Å². The molecule has 3 aromatic rings. The first kappa shape index (κ1) is 23.7. The highest BCUT2D eigenvalue weighted by Gasteiger charge is 2.20. The van der Waals surface area contributed by atoms with Gasteiger partial charge in [0.1, 0.15) is 11.5 Å². The summed E-state index contributed by atoms with van der Waals surface area (Å²) < 4.78 is 10.3. The van der Waals surface area contributed by atoms with Crippen LogP contribution in [0.15, 0.2) is 77.9 Å². The van der Waals surface area contributed by atoms with Crippen LogP contribution in [-0.4, -0.2) is 35.2 Å². The number of amides is 1. The van der Waals surface area contributed by atoms with E-state index in [2.05, 4.69) is 10.5 Å². The van der Waals surface area contributed by atoms with E-state index in [-0.39, 0.29) is 22.6 Å². The van der Waals surface area contributed by atoms with Crippen molar-refractivity contribution in [1.82, 2.24) is 5.43 Å². The Morgan fingerprint density at radius 3 is 2.47 bits per heavy atom. The van der Waals surface area contributed by atoms with Gasteiger partial charge in [0, 0.05) is 17.7 Å². The first-order valence-corrected chi connectivity index (χ1v) is 9.82. The molecule has 1 amide bonds. The van der Waals surface area contributed by atoms with E-state index in [1.54, 1.807) is 36.4 Å². The monoisotopic (exact) mass is 461 g/mol. The van der Waals surface area contributed by atoms with Crippen molar-refractivity contribution in [1.29, 1.82) is 0 Å². The van der Waals surface area contributed by atoms with Gasteiger partial charge in [0.05, 0.1) is 23.8 Å². The standard InChI is InChI=1S/C24H19N3O7/c1-33-18-12-9-16(10-13-18)11-14-22(29)34-23-17(5-4-7-20(23)27(31)32)15-25-26-24(30)19-6-2-3-8-21(19)28/h2-15,28H,1H3,(H,26,30)/b14-11+,25-15+. The number of para-hydroxylation sites is 2. The molecule has 0 saturated carbocycles. The molecule has 0 fully saturated rings. The van der Waals surface area contributed by atoms with Crippen molar-refractivity contribution in [2.24, 2.45) is 5.10 Å². The van der Waals surface area contributed by atoms with E-state index >= 15 is 0 Å². The average molecular weight is 461 g/mol. The quantitative estimate of drug-likeness (QED) is 0.130. The third-order valence-corrected chi connectivity index (χ3v) is 4.47. The number of nitro benzene ring substituents is 1. The van der Waals surface area contributed by atoms with Crippen LogP contribution in [0.1, 0.15) is 21.5 Å². The Kier molecular flexibility index (Phi) is 7.69. The second kappa shape index (κ2) is 11.0. The number of hydrazone groups is 1. The van der Waals surface area contributed by atoms with Crippen LogP contribution in [0.5, 0.6) is 17.2 Å². The van der Waals surface area contributed by atoms with E-state index in [0.29, 0.717) is 11.3 Å². The number of nitro groups is 1. The molecule has 0 atom stereocenters. The topological polar surface area (TPSA) is 140 Å². The van der Waals surface area contributed by atoms with Gasteiger partial charge in [-0.05, 0) is 42.0 Å². The Labute approximate surface area is 193 Å². The summed E-state index contributed by atoms with van der Waals surface area (Å²) in [5.74, 6) is -1.46. The molecule has 0 aliphatic rings. The summed E-state index contributed by atoms with van der Waals surface area (Å²) in [6.45, 7) is 0. The van der Waals surface area contributed by atoms with Crippen molar-refractivity contribution >= 4 is 29.9 Å². The zero-order chi connectivity index (χ0) is 24.5. The van der Waals surface area contributed by atoms with Crippen molar-refractivity contribution in [3.05, 3.63) is 99.6 Å². The molecule has 0 radical (unpaired) electrons. The minimum Gasteiger partial charge on any atom is -0.507 e. The fourth-order valence-corrected chi connectivity index (χ4v) is 2.80. The number of esters is 1. The second-order valence-corrected chi connectivity index (χ2v) is 6.70. The molecule has 2 N–H and O–H groups in total. The minimum atomic E-state index is -0.849. The molecule has 0 spiro atoms. The SMILES string of the molecule is COc1ccc(/C=C/C(=O)Oc2c(/C=N/NC(=O)c3ccccc3O)cccc2[N+](=O)[O-])cc1. The fourth-order valence-electron chi connectivity index (χ4n) is 2.80. The molecule has 0 bridgehead atoms. The van der Waals surface area contributed by atoms with Gasteiger partial charge in [0.15, 0.2) is 0 Å². The Bertz CT molecular complexity index is 1270. The zero-order valence-electron chi connectivity index (χ0n) is 17.9. The number of nitrogens with zero attached hydrogens (tertiary/aromatic N) is 2. The molecular weight excluding hydrogens is 442 g/mol. The van der Waals surface area contributed by atoms with Gasteiger partial charge < -0.3 is 14.6 Å².